The van der Waals surface area contributed by atoms with E-state index in [4.69, 9.17) is 14.0 Å². The van der Waals surface area contributed by atoms with E-state index in [0.29, 0.717) is 0 Å². The Kier molecular flexibility index (Phi) is 7.65. The molecule has 1 rings (SSSR count). The molecule has 1 aromatic carbocycles. The number of hydrazine groups is 2. The summed E-state index contributed by atoms with van der Waals surface area (Å²) in [7, 11) is -4.00. The minimum atomic E-state index is -4.00. The van der Waals surface area contributed by atoms with Crippen molar-refractivity contribution < 1.29 is 28.2 Å². The highest BCUT2D eigenvalue weighted by Crippen LogP contribution is 2.37. The Hall–Kier alpha value is -2.29. The maximum absolute atomic E-state index is 12.9. The Morgan fingerprint density at radius 1 is 0.815 bits per heavy atom. The summed E-state index contributed by atoms with van der Waals surface area (Å²) < 4.78 is 28.4. The van der Waals surface area contributed by atoms with E-state index in [-0.39, 0.29) is 5.75 Å². The standard InChI is InChI=1S/C16H27N4O6P/c1-15(2,3)24-13(21)17-19-27(23,26-12-10-8-7-9-11-12)20-18-14(22)25-16(4,5)6/h7-11H,1-6H3,(H,17,21)(H,18,22)(H2,19,20,23). The third-order valence-corrected chi connectivity index (χ3v) is 3.67. The number of carbonyl (C=O) groups excluding carboxylic acids is 2. The minimum Gasteiger partial charge on any atom is -0.443 e. The number of amides is 2. The molecule has 0 heterocycles. The topological polar surface area (TPSA) is 127 Å². The van der Waals surface area contributed by atoms with Gasteiger partial charge in [-0.15, -0.1) is 10.4 Å². The lowest BCUT2D eigenvalue weighted by Gasteiger charge is -2.25. The zero-order valence-electron chi connectivity index (χ0n) is 16.3. The summed E-state index contributed by atoms with van der Waals surface area (Å²) in [6, 6.07) is 8.19. The third kappa shape index (κ3) is 10.4. The van der Waals surface area contributed by atoms with Crippen LogP contribution < -0.4 is 25.8 Å². The van der Waals surface area contributed by atoms with Gasteiger partial charge in [0.2, 0.25) is 0 Å². The molecule has 0 aliphatic carbocycles. The highest BCUT2D eigenvalue weighted by molar-refractivity contribution is 7.55. The predicted octanol–water partition coefficient (Wildman–Crippen LogP) is 3.23. The summed E-state index contributed by atoms with van der Waals surface area (Å²) in [5.74, 6) is 0.234. The number of hydrogen-bond donors (Lipinski definition) is 4. The molecule has 0 spiro atoms. The number of benzene rings is 1. The zero-order chi connectivity index (χ0) is 20.7. The van der Waals surface area contributed by atoms with E-state index in [1.165, 1.54) is 0 Å². The molecule has 11 heteroatoms. The summed E-state index contributed by atoms with van der Waals surface area (Å²) in [6.07, 6.45) is -1.75. The summed E-state index contributed by atoms with van der Waals surface area (Å²) in [5, 5.41) is 4.43. The van der Waals surface area contributed by atoms with Crippen LogP contribution in [-0.4, -0.2) is 23.4 Å². The van der Waals surface area contributed by atoms with Crippen LogP contribution >= 0.6 is 7.67 Å². The van der Waals surface area contributed by atoms with Gasteiger partial charge in [0.05, 0.1) is 0 Å². The fourth-order valence-electron chi connectivity index (χ4n) is 1.55. The Morgan fingerprint density at radius 3 is 1.59 bits per heavy atom. The molecule has 0 atom stereocenters. The molecule has 4 N–H and O–H groups in total. The predicted molar refractivity (Wildman–Crippen MR) is 99.7 cm³/mol. The van der Waals surface area contributed by atoms with Crippen LogP contribution in [0, 0.1) is 0 Å². The lowest BCUT2D eigenvalue weighted by atomic mass is 10.2. The van der Waals surface area contributed by atoms with Crippen molar-refractivity contribution in [2.75, 3.05) is 0 Å². The molecule has 10 nitrogen and oxygen atoms in total. The third-order valence-electron chi connectivity index (χ3n) is 2.39. The molecule has 0 fully saturated rings. The summed E-state index contributed by atoms with van der Waals surface area (Å²) >= 11 is 0. The highest BCUT2D eigenvalue weighted by Gasteiger charge is 2.29. The first-order chi connectivity index (χ1) is 12.3. The molecular weight excluding hydrogens is 375 g/mol. The van der Waals surface area contributed by atoms with E-state index in [9.17, 15) is 14.2 Å². The average Bonchev–Trinajstić information content (AvgIpc) is 2.49. The molecule has 0 aliphatic rings. The van der Waals surface area contributed by atoms with Gasteiger partial charge in [0, 0.05) is 0 Å². The van der Waals surface area contributed by atoms with Crippen molar-refractivity contribution in [3.8, 4) is 5.75 Å². The van der Waals surface area contributed by atoms with Gasteiger partial charge in [-0.25, -0.2) is 25.0 Å². The van der Waals surface area contributed by atoms with Crippen molar-refractivity contribution in [3.63, 3.8) is 0 Å². The highest BCUT2D eigenvalue weighted by atomic mass is 31.2. The quantitative estimate of drug-likeness (QED) is 0.422. The molecule has 0 saturated carbocycles. The van der Waals surface area contributed by atoms with E-state index in [0.717, 1.165) is 0 Å². The first kappa shape index (κ1) is 22.8. The van der Waals surface area contributed by atoms with Crippen molar-refractivity contribution in [2.45, 2.75) is 52.7 Å². The van der Waals surface area contributed by atoms with Gasteiger partial charge in [-0.3, -0.25) is 0 Å². The molecule has 27 heavy (non-hydrogen) atoms. The zero-order valence-corrected chi connectivity index (χ0v) is 17.2. The van der Waals surface area contributed by atoms with E-state index >= 15 is 0 Å². The van der Waals surface area contributed by atoms with Crippen molar-refractivity contribution in [1.29, 1.82) is 0 Å². The van der Waals surface area contributed by atoms with Crippen LogP contribution in [0.2, 0.25) is 0 Å². The fraction of sp³-hybridized carbons (Fsp3) is 0.500. The first-order valence-electron chi connectivity index (χ1n) is 8.15. The van der Waals surface area contributed by atoms with Gasteiger partial charge in [0.15, 0.2) is 0 Å². The monoisotopic (exact) mass is 402 g/mol. The second-order valence-electron chi connectivity index (χ2n) is 7.43. The van der Waals surface area contributed by atoms with Crippen molar-refractivity contribution >= 4 is 19.9 Å². The van der Waals surface area contributed by atoms with Gasteiger partial charge in [0.1, 0.15) is 17.0 Å². The number of nitrogens with one attached hydrogen (secondary N) is 4. The number of rotatable bonds is 6. The molecule has 0 bridgehead atoms. The summed E-state index contributed by atoms with van der Waals surface area (Å²) in [5.41, 5.74) is 2.73. The number of ether oxygens (including phenoxy) is 2. The molecule has 0 unspecified atom stereocenters. The fourth-order valence-corrected chi connectivity index (χ4v) is 2.59. The maximum atomic E-state index is 12.9. The van der Waals surface area contributed by atoms with Crippen LogP contribution in [0.4, 0.5) is 9.59 Å². The van der Waals surface area contributed by atoms with E-state index in [1.54, 1.807) is 71.9 Å². The molecule has 0 radical (unpaired) electrons. The molecule has 0 aromatic heterocycles. The Balaban J connectivity index is 2.78. The van der Waals surface area contributed by atoms with Crippen LogP contribution in [0.25, 0.3) is 0 Å². The lowest BCUT2D eigenvalue weighted by Crippen LogP contribution is -2.47. The van der Waals surface area contributed by atoms with E-state index in [2.05, 4.69) is 21.2 Å². The summed E-state index contributed by atoms with van der Waals surface area (Å²) in [4.78, 5) is 23.5. The van der Waals surface area contributed by atoms with Crippen LogP contribution in [0.1, 0.15) is 41.5 Å². The van der Waals surface area contributed by atoms with Gasteiger partial charge < -0.3 is 14.0 Å². The maximum Gasteiger partial charge on any atom is 0.425 e. The van der Waals surface area contributed by atoms with Gasteiger partial charge in [-0.05, 0) is 53.7 Å². The molecule has 1 aromatic rings. The Bertz CT molecular complexity index is 648. The smallest absolute Gasteiger partial charge is 0.425 e. The first-order valence-corrected chi connectivity index (χ1v) is 9.78. The Labute approximate surface area is 158 Å². The van der Waals surface area contributed by atoms with Gasteiger partial charge in [-0.2, -0.15) is 0 Å². The van der Waals surface area contributed by atoms with Gasteiger partial charge in [0.25, 0.3) is 0 Å². The average molecular weight is 402 g/mol. The van der Waals surface area contributed by atoms with E-state index < -0.39 is 31.1 Å². The second-order valence-corrected chi connectivity index (χ2v) is 9.17. The minimum absolute atomic E-state index is 0.234. The number of carbonyl (C=O) groups is 2. The molecule has 0 aliphatic heterocycles. The van der Waals surface area contributed by atoms with Gasteiger partial charge in [-0.1, -0.05) is 18.2 Å². The van der Waals surface area contributed by atoms with Crippen molar-refractivity contribution in [2.24, 2.45) is 0 Å². The molecule has 2 amide bonds. The number of para-hydroxylation sites is 1. The molecule has 0 saturated heterocycles. The normalized spacial score (nSPS) is 12.1. The Morgan fingerprint density at radius 2 is 1.22 bits per heavy atom. The van der Waals surface area contributed by atoms with Crippen LogP contribution in [0.15, 0.2) is 30.3 Å². The molecule has 152 valence electrons. The van der Waals surface area contributed by atoms with Crippen LogP contribution in [0.3, 0.4) is 0 Å². The number of hydrogen-bond acceptors (Lipinski definition) is 6. The SMILES string of the molecule is CC(C)(C)OC(=O)NNP(=O)(NNC(=O)OC(C)(C)C)Oc1ccccc1. The van der Waals surface area contributed by atoms with Crippen molar-refractivity contribution in [1.82, 2.24) is 21.2 Å². The second kappa shape index (κ2) is 9.07. The van der Waals surface area contributed by atoms with Crippen molar-refractivity contribution in [3.05, 3.63) is 30.3 Å². The van der Waals surface area contributed by atoms with E-state index in [1.807, 2.05) is 0 Å². The largest absolute Gasteiger partial charge is 0.443 e. The molecular formula is C16H27N4O6P. The summed E-state index contributed by atoms with van der Waals surface area (Å²) in [6.45, 7) is 10.1. The van der Waals surface area contributed by atoms with Crippen LogP contribution in [-0.2, 0) is 14.0 Å². The lowest BCUT2D eigenvalue weighted by molar-refractivity contribution is 0.0511. The van der Waals surface area contributed by atoms with Gasteiger partial charge >= 0.3 is 19.9 Å². The van der Waals surface area contributed by atoms with Crippen LogP contribution in [0.5, 0.6) is 5.75 Å².